The lowest BCUT2D eigenvalue weighted by atomic mass is 9.82. The van der Waals surface area contributed by atoms with Crippen molar-refractivity contribution in [3.63, 3.8) is 0 Å². The predicted molar refractivity (Wildman–Crippen MR) is 86.5 cm³/mol. The molecule has 0 aliphatic carbocycles. The van der Waals surface area contributed by atoms with Gasteiger partial charge in [-0.1, -0.05) is 13.8 Å². The van der Waals surface area contributed by atoms with E-state index in [1.54, 1.807) is 29.9 Å². The van der Waals surface area contributed by atoms with Crippen LogP contribution < -0.4 is 4.74 Å². The van der Waals surface area contributed by atoms with Gasteiger partial charge in [0.1, 0.15) is 12.3 Å². The molecule has 1 aliphatic rings. The van der Waals surface area contributed by atoms with Crippen LogP contribution >= 0.6 is 0 Å². The molecule has 0 saturated carbocycles. The maximum atomic E-state index is 11.9. The molecule has 1 saturated heterocycles. The topological polar surface area (TPSA) is 82.8 Å². The molecule has 3 rings (SSSR count). The highest BCUT2D eigenvalue weighted by atomic mass is 16.6. The molecule has 0 radical (unpaired) electrons. The lowest BCUT2D eigenvalue weighted by molar-refractivity contribution is -0.235. The van der Waals surface area contributed by atoms with Crippen LogP contribution in [0.3, 0.4) is 0 Å². The Morgan fingerprint density at radius 2 is 2.17 bits per heavy atom. The smallest absolute Gasteiger partial charge is 0.325 e. The number of imidazole rings is 1. The number of carbonyl (C=O) groups excluding carboxylic acids is 1. The van der Waals surface area contributed by atoms with E-state index >= 15 is 0 Å². The van der Waals surface area contributed by atoms with Crippen molar-refractivity contribution >= 4 is 17.0 Å². The molecular formula is C17H22N2O5. The molecule has 130 valence electrons. The quantitative estimate of drug-likeness (QED) is 0.859. The Bertz CT molecular complexity index is 783. The summed E-state index contributed by atoms with van der Waals surface area (Å²) in [5.74, 6) is -1.05. The minimum Gasteiger partial charge on any atom is -0.497 e. The van der Waals surface area contributed by atoms with Crippen LogP contribution in [0.5, 0.6) is 5.75 Å². The molecule has 7 nitrogen and oxygen atoms in total. The van der Waals surface area contributed by atoms with Crippen molar-refractivity contribution in [2.45, 2.75) is 32.6 Å². The molecule has 1 aliphatic heterocycles. The Hall–Kier alpha value is -2.12. The zero-order chi connectivity index (χ0) is 17.5. The summed E-state index contributed by atoms with van der Waals surface area (Å²) in [7, 11) is 2.90. The van der Waals surface area contributed by atoms with Gasteiger partial charge in [0.15, 0.2) is 5.82 Å². The average molecular weight is 334 g/mol. The first-order valence-corrected chi connectivity index (χ1v) is 7.80. The minimum atomic E-state index is -1.58. The van der Waals surface area contributed by atoms with E-state index in [1.807, 2.05) is 13.8 Å². The van der Waals surface area contributed by atoms with Gasteiger partial charge in [-0.05, 0) is 18.6 Å². The second-order valence-electron chi connectivity index (χ2n) is 6.58. The van der Waals surface area contributed by atoms with E-state index in [2.05, 4.69) is 4.98 Å². The molecule has 0 bridgehead atoms. The lowest BCUT2D eigenvalue weighted by Crippen LogP contribution is -2.41. The highest BCUT2D eigenvalue weighted by Gasteiger charge is 2.54. The summed E-state index contributed by atoms with van der Waals surface area (Å²) in [6.45, 7) is 4.20. The van der Waals surface area contributed by atoms with Crippen molar-refractivity contribution in [2.24, 2.45) is 5.41 Å². The fourth-order valence-electron chi connectivity index (χ4n) is 3.03. The molecule has 0 spiro atoms. The molecule has 24 heavy (non-hydrogen) atoms. The Labute approximate surface area is 140 Å². The van der Waals surface area contributed by atoms with Crippen LogP contribution in [0.15, 0.2) is 18.2 Å². The zero-order valence-electron chi connectivity index (χ0n) is 14.3. The second kappa shape index (κ2) is 5.75. The monoisotopic (exact) mass is 334 g/mol. The summed E-state index contributed by atoms with van der Waals surface area (Å²) in [5, 5.41) is 11.2. The van der Waals surface area contributed by atoms with Gasteiger partial charge in [0.25, 0.3) is 0 Å². The number of benzene rings is 1. The Morgan fingerprint density at radius 3 is 2.75 bits per heavy atom. The Morgan fingerprint density at radius 1 is 1.42 bits per heavy atom. The molecule has 1 aromatic carbocycles. The van der Waals surface area contributed by atoms with Gasteiger partial charge in [0, 0.05) is 11.5 Å². The minimum absolute atomic E-state index is 0.0591. The van der Waals surface area contributed by atoms with E-state index in [0.717, 1.165) is 0 Å². The van der Waals surface area contributed by atoms with Crippen molar-refractivity contribution < 1.29 is 24.1 Å². The molecule has 2 heterocycles. The highest BCUT2D eigenvalue weighted by molar-refractivity contribution is 5.80. The van der Waals surface area contributed by atoms with Crippen molar-refractivity contribution in [2.75, 3.05) is 20.8 Å². The van der Waals surface area contributed by atoms with Crippen molar-refractivity contribution in [3.05, 3.63) is 24.0 Å². The first-order chi connectivity index (χ1) is 11.3. The first kappa shape index (κ1) is 16.7. The van der Waals surface area contributed by atoms with E-state index in [0.29, 0.717) is 35.6 Å². The summed E-state index contributed by atoms with van der Waals surface area (Å²) < 4.78 is 17.3. The normalized spacial score (nSPS) is 22.7. The van der Waals surface area contributed by atoms with Crippen LogP contribution in [0.4, 0.5) is 0 Å². The number of fused-ring (bicyclic) bond motifs is 1. The van der Waals surface area contributed by atoms with Crippen LogP contribution in [0.2, 0.25) is 0 Å². The van der Waals surface area contributed by atoms with E-state index < -0.39 is 17.2 Å². The first-order valence-electron chi connectivity index (χ1n) is 7.80. The molecule has 7 heteroatoms. The number of rotatable bonds is 4. The van der Waals surface area contributed by atoms with Gasteiger partial charge in [-0.3, -0.25) is 4.79 Å². The molecule has 1 aromatic heterocycles. The molecule has 1 unspecified atom stereocenters. The fraction of sp³-hybridized carbons (Fsp3) is 0.529. The van der Waals surface area contributed by atoms with E-state index in [9.17, 15) is 9.90 Å². The summed E-state index contributed by atoms with van der Waals surface area (Å²) in [6, 6.07) is 5.35. The van der Waals surface area contributed by atoms with Gasteiger partial charge in [-0.2, -0.15) is 0 Å². The van der Waals surface area contributed by atoms with Gasteiger partial charge < -0.3 is 23.9 Å². The highest BCUT2D eigenvalue weighted by Crippen LogP contribution is 2.48. The second-order valence-corrected chi connectivity index (χ2v) is 6.58. The number of nitrogens with zero attached hydrogens (tertiary/aromatic N) is 2. The number of aliphatic hydroxyl groups is 1. The molecular weight excluding hydrogens is 312 g/mol. The van der Waals surface area contributed by atoms with Crippen LogP contribution in [0.1, 0.15) is 26.1 Å². The summed E-state index contributed by atoms with van der Waals surface area (Å²) in [6.07, 6.45) is 0.689. The largest absolute Gasteiger partial charge is 0.497 e. The van der Waals surface area contributed by atoms with Crippen molar-refractivity contribution in [1.29, 1.82) is 0 Å². The average Bonchev–Trinajstić information content (AvgIpc) is 3.05. The molecule has 1 fully saturated rings. The Kier molecular flexibility index (Phi) is 4.01. The summed E-state index contributed by atoms with van der Waals surface area (Å²) in [4.78, 5) is 16.4. The number of hydrogen-bond donors (Lipinski definition) is 1. The number of aromatic nitrogens is 2. The van der Waals surface area contributed by atoms with Crippen LogP contribution in [-0.4, -0.2) is 41.5 Å². The predicted octanol–water partition coefficient (Wildman–Crippen LogP) is 1.81. The van der Waals surface area contributed by atoms with Gasteiger partial charge >= 0.3 is 5.97 Å². The van der Waals surface area contributed by atoms with Gasteiger partial charge in [0.2, 0.25) is 5.79 Å². The summed E-state index contributed by atoms with van der Waals surface area (Å²) in [5.41, 5.74) is 0.788. The van der Waals surface area contributed by atoms with Crippen LogP contribution in [-0.2, 0) is 26.6 Å². The Balaban J connectivity index is 2.22. The third-order valence-corrected chi connectivity index (χ3v) is 4.73. The van der Waals surface area contributed by atoms with E-state index in [1.165, 1.54) is 7.11 Å². The number of carbonyl (C=O) groups is 1. The molecule has 0 amide bonds. The van der Waals surface area contributed by atoms with Gasteiger partial charge in [0.05, 0.1) is 31.9 Å². The number of esters is 1. The molecule has 2 aromatic rings. The lowest BCUT2D eigenvalue weighted by Gasteiger charge is -2.34. The van der Waals surface area contributed by atoms with Crippen LogP contribution in [0.25, 0.3) is 11.0 Å². The number of hydrogen-bond acceptors (Lipinski definition) is 6. The maximum Gasteiger partial charge on any atom is 0.325 e. The van der Waals surface area contributed by atoms with Gasteiger partial charge in [-0.25, -0.2) is 4.98 Å². The SMILES string of the molecule is COC(=O)Cn1c(C2(O)OCCC2(C)C)nc2cc(OC)ccc21. The fourth-order valence-corrected chi connectivity index (χ4v) is 3.03. The molecule has 1 N–H and O–H groups in total. The van der Waals surface area contributed by atoms with Crippen molar-refractivity contribution in [3.8, 4) is 5.75 Å². The van der Waals surface area contributed by atoms with E-state index in [4.69, 9.17) is 14.2 Å². The van der Waals surface area contributed by atoms with Crippen LogP contribution in [0, 0.1) is 5.41 Å². The van der Waals surface area contributed by atoms with Crippen molar-refractivity contribution in [1.82, 2.24) is 9.55 Å². The third-order valence-electron chi connectivity index (χ3n) is 4.73. The third kappa shape index (κ3) is 2.44. The maximum absolute atomic E-state index is 11.9. The standard InChI is InChI=1S/C17H22N2O5/c1-16(2)7-8-24-17(16,21)15-18-12-9-11(22-3)5-6-13(12)19(15)10-14(20)23-4/h5-6,9,21H,7-8,10H2,1-4H3. The number of methoxy groups -OCH3 is 2. The van der Waals surface area contributed by atoms with Gasteiger partial charge in [-0.15, -0.1) is 0 Å². The summed E-state index contributed by atoms with van der Waals surface area (Å²) >= 11 is 0. The number of ether oxygens (including phenoxy) is 3. The zero-order valence-corrected chi connectivity index (χ0v) is 14.3. The van der Waals surface area contributed by atoms with E-state index in [-0.39, 0.29) is 6.54 Å². The molecule has 1 atom stereocenters.